The Morgan fingerprint density at radius 2 is 2.09 bits per heavy atom. The van der Waals surface area contributed by atoms with Crippen LogP contribution in [-0.4, -0.2) is 23.2 Å². The normalized spacial score (nSPS) is 11.3. The van der Waals surface area contributed by atoms with E-state index in [1.807, 2.05) is 34.7 Å². The van der Waals surface area contributed by atoms with Crippen LogP contribution in [0.5, 0.6) is 0 Å². The van der Waals surface area contributed by atoms with Gasteiger partial charge in [-0.2, -0.15) is 0 Å². The average molecular weight is 426 g/mol. The van der Waals surface area contributed by atoms with Crippen LogP contribution in [0.1, 0.15) is 26.3 Å². The summed E-state index contributed by atoms with van der Waals surface area (Å²) in [5, 5.41) is 3.28. The Morgan fingerprint density at radius 1 is 1.39 bits per heavy atom. The molecule has 1 amide bonds. The maximum absolute atomic E-state index is 12.2. The number of aromatic amines is 1. The lowest BCUT2D eigenvalue weighted by Gasteiger charge is -2.20. The minimum atomic E-state index is -0.549. The van der Waals surface area contributed by atoms with E-state index in [1.165, 1.54) is 0 Å². The van der Waals surface area contributed by atoms with Crippen LogP contribution in [0, 0.1) is 3.57 Å². The monoisotopic (exact) mass is 426 g/mol. The molecule has 23 heavy (non-hydrogen) atoms. The number of hydrogen-bond donors (Lipinski definition) is 2. The second-order valence-electron chi connectivity index (χ2n) is 6.15. The van der Waals surface area contributed by atoms with Crippen molar-refractivity contribution < 1.29 is 9.53 Å². The SMILES string of the molecule is C=C(CNC(=O)OC(C)(C)C)c1cccc2c(=O)c(I)c[nH]c12. The lowest BCUT2D eigenvalue weighted by Crippen LogP contribution is -2.33. The molecule has 1 aromatic carbocycles. The van der Waals surface area contributed by atoms with Gasteiger partial charge in [0.1, 0.15) is 5.60 Å². The van der Waals surface area contributed by atoms with Crippen LogP contribution >= 0.6 is 22.6 Å². The number of amides is 1. The van der Waals surface area contributed by atoms with Crippen molar-refractivity contribution >= 4 is 45.2 Å². The minimum Gasteiger partial charge on any atom is -0.444 e. The van der Waals surface area contributed by atoms with Crippen molar-refractivity contribution in [2.75, 3.05) is 6.54 Å². The number of pyridine rings is 1. The maximum atomic E-state index is 12.2. The van der Waals surface area contributed by atoms with Crippen LogP contribution in [0.25, 0.3) is 16.5 Å². The maximum Gasteiger partial charge on any atom is 0.407 e. The highest BCUT2D eigenvalue weighted by Gasteiger charge is 2.16. The van der Waals surface area contributed by atoms with E-state index < -0.39 is 11.7 Å². The van der Waals surface area contributed by atoms with Gasteiger partial charge in [0.25, 0.3) is 0 Å². The number of alkyl carbamates (subject to hydrolysis) is 1. The molecular formula is C17H19IN2O3. The first-order valence-corrected chi connectivity index (χ1v) is 8.22. The fraction of sp³-hybridized carbons (Fsp3) is 0.294. The van der Waals surface area contributed by atoms with Gasteiger partial charge in [0.05, 0.1) is 9.09 Å². The Labute approximate surface area is 148 Å². The van der Waals surface area contributed by atoms with Crippen molar-refractivity contribution in [1.82, 2.24) is 10.3 Å². The highest BCUT2D eigenvalue weighted by molar-refractivity contribution is 14.1. The van der Waals surface area contributed by atoms with E-state index >= 15 is 0 Å². The largest absolute Gasteiger partial charge is 0.444 e. The Bertz CT molecular complexity index is 819. The molecule has 0 saturated heterocycles. The van der Waals surface area contributed by atoms with E-state index in [9.17, 15) is 9.59 Å². The molecular weight excluding hydrogens is 407 g/mol. The first-order chi connectivity index (χ1) is 10.7. The standard InChI is InChI=1S/C17H19IN2O3/c1-10(8-20-16(22)23-17(2,3)4)11-6-5-7-12-14(11)19-9-13(18)15(12)21/h5-7,9H,1,8H2,2-4H3,(H,19,21)(H,20,22). The molecule has 122 valence electrons. The number of benzene rings is 1. The summed E-state index contributed by atoms with van der Waals surface area (Å²) in [5.74, 6) is 0. The number of para-hydroxylation sites is 1. The van der Waals surface area contributed by atoms with Gasteiger partial charge in [-0.1, -0.05) is 18.7 Å². The van der Waals surface area contributed by atoms with Gasteiger partial charge < -0.3 is 15.0 Å². The Morgan fingerprint density at radius 3 is 2.74 bits per heavy atom. The molecule has 5 nitrogen and oxygen atoms in total. The van der Waals surface area contributed by atoms with Crippen molar-refractivity contribution in [3.8, 4) is 0 Å². The van der Waals surface area contributed by atoms with Gasteiger partial charge in [0.15, 0.2) is 0 Å². The molecule has 0 aliphatic carbocycles. The van der Waals surface area contributed by atoms with Gasteiger partial charge in [0.2, 0.25) is 5.43 Å². The third-order valence-electron chi connectivity index (χ3n) is 3.10. The molecule has 0 radical (unpaired) electrons. The molecule has 0 bridgehead atoms. The van der Waals surface area contributed by atoms with Crippen LogP contribution in [-0.2, 0) is 4.74 Å². The smallest absolute Gasteiger partial charge is 0.407 e. The summed E-state index contributed by atoms with van der Waals surface area (Å²) in [6.07, 6.45) is 1.17. The summed E-state index contributed by atoms with van der Waals surface area (Å²) in [4.78, 5) is 27.0. The molecule has 6 heteroatoms. The van der Waals surface area contributed by atoms with Crippen LogP contribution in [0.4, 0.5) is 4.79 Å². The zero-order chi connectivity index (χ0) is 17.2. The third kappa shape index (κ3) is 4.34. The van der Waals surface area contributed by atoms with Gasteiger partial charge >= 0.3 is 6.09 Å². The number of hydrogen-bond acceptors (Lipinski definition) is 3. The number of H-pyrrole nitrogens is 1. The van der Waals surface area contributed by atoms with Gasteiger partial charge in [-0.05, 0) is 55.0 Å². The van der Waals surface area contributed by atoms with Gasteiger partial charge in [-0.25, -0.2) is 4.79 Å². The third-order valence-corrected chi connectivity index (χ3v) is 3.90. The predicted molar refractivity (Wildman–Crippen MR) is 101 cm³/mol. The minimum absolute atomic E-state index is 0.0194. The van der Waals surface area contributed by atoms with Gasteiger partial charge in [-0.3, -0.25) is 4.79 Å². The Hall–Kier alpha value is -1.83. The van der Waals surface area contributed by atoms with Crippen molar-refractivity contribution in [3.05, 3.63) is 50.3 Å². The molecule has 0 unspecified atom stereocenters. The van der Waals surface area contributed by atoms with Crippen molar-refractivity contribution in [3.63, 3.8) is 0 Å². The highest BCUT2D eigenvalue weighted by atomic mass is 127. The number of halogens is 1. The lowest BCUT2D eigenvalue weighted by molar-refractivity contribution is 0.0535. The van der Waals surface area contributed by atoms with Crippen molar-refractivity contribution in [1.29, 1.82) is 0 Å². The quantitative estimate of drug-likeness (QED) is 0.736. The molecule has 0 spiro atoms. The number of rotatable bonds is 3. The Kier molecular flexibility index (Phi) is 5.13. The van der Waals surface area contributed by atoms with Gasteiger partial charge in [0, 0.05) is 23.7 Å². The zero-order valence-electron chi connectivity index (χ0n) is 13.3. The number of fused-ring (bicyclic) bond motifs is 1. The molecule has 0 aliphatic heterocycles. The molecule has 1 heterocycles. The Balaban J connectivity index is 2.21. The summed E-state index contributed by atoms with van der Waals surface area (Å²) in [5.41, 5.74) is 1.64. The van der Waals surface area contributed by atoms with Crippen LogP contribution in [0.2, 0.25) is 0 Å². The number of aromatic nitrogens is 1. The van der Waals surface area contributed by atoms with E-state index in [1.54, 1.807) is 33.0 Å². The first kappa shape index (κ1) is 17.5. The summed E-state index contributed by atoms with van der Waals surface area (Å²) in [6, 6.07) is 5.44. The number of carbonyl (C=O) groups is 1. The first-order valence-electron chi connectivity index (χ1n) is 7.14. The second kappa shape index (κ2) is 6.74. The molecule has 2 rings (SSSR count). The zero-order valence-corrected chi connectivity index (χ0v) is 15.5. The van der Waals surface area contributed by atoms with Gasteiger partial charge in [-0.15, -0.1) is 0 Å². The molecule has 2 aromatic rings. The van der Waals surface area contributed by atoms with E-state index in [0.29, 0.717) is 20.0 Å². The van der Waals surface area contributed by atoms with Crippen LogP contribution < -0.4 is 10.7 Å². The van der Waals surface area contributed by atoms with Crippen LogP contribution in [0.3, 0.4) is 0 Å². The molecule has 0 saturated carbocycles. The predicted octanol–water partition coefficient (Wildman–Crippen LogP) is 3.67. The molecule has 0 fully saturated rings. The van der Waals surface area contributed by atoms with E-state index in [4.69, 9.17) is 4.74 Å². The summed E-state index contributed by atoms with van der Waals surface area (Å²) >= 11 is 2.00. The van der Waals surface area contributed by atoms with Crippen molar-refractivity contribution in [2.45, 2.75) is 26.4 Å². The fourth-order valence-corrected chi connectivity index (χ4v) is 2.56. The van der Waals surface area contributed by atoms with E-state index in [0.717, 1.165) is 5.56 Å². The molecule has 1 aromatic heterocycles. The highest BCUT2D eigenvalue weighted by Crippen LogP contribution is 2.21. The lowest BCUT2D eigenvalue weighted by atomic mass is 10.0. The molecule has 0 aliphatic rings. The number of nitrogens with one attached hydrogen (secondary N) is 2. The second-order valence-corrected chi connectivity index (χ2v) is 7.32. The van der Waals surface area contributed by atoms with Crippen LogP contribution in [0.15, 0.2) is 35.8 Å². The number of carbonyl (C=O) groups excluding carboxylic acids is 1. The van der Waals surface area contributed by atoms with E-state index in [2.05, 4.69) is 16.9 Å². The summed E-state index contributed by atoms with van der Waals surface area (Å²) in [7, 11) is 0. The topological polar surface area (TPSA) is 71.2 Å². The molecule has 2 N–H and O–H groups in total. The molecule has 0 atom stereocenters. The average Bonchev–Trinajstić information content (AvgIpc) is 2.46. The van der Waals surface area contributed by atoms with E-state index in [-0.39, 0.29) is 12.0 Å². The fourth-order valence-electron chi connectivity index (χ4n) is 2.11. The number of ether oxygens (including phenoxy) is 1. The van der Waals surface area contributed by atoms with Crippen molar-refractivity contribution in [2.24, 2.45) is 0 Å². The summed E-state index contributed by atoms with van der Waals surface area (Å²) < 4.78 is 5.83. The summed E-state index contributed by atoms with van der Waals surface area (Å²) in [6.45, 7) is 9.65.